The maximum absolute atomic E-state index is 10.7. The zero-order valence-electron chi connectivity index (χ0n) is 7.58. The molecule has 0 bridgehead atoms. The summed E-state index contributed by atoms with van der Waals surface area (Å²) in [6, 6.07) is 0. The van der Waals surface area contributed by atoms with Gasteiger partial charge in [0.1, 0.15) is 6.10 Å². The third-order valence-corrected chi connectivity index (χ3v) is 2.03. The molecule has 2 nitrogen and oxygen atoms in total. The van der Waals surface area contributed by atoms with Crippen molar-refractivity contribution in [2.75, 3.05) is 0 Å². The van der Waals surface area contributed by atoms with Crippen molar-refractivity contribution in [2.24, 2.45) is 0 Å². The zero-order valence-corrected chi connectivity index (χ0v) is 7.58. The number of hydrogen-bond donors (Lipinski definition) is 0. The molecule has 0 N–H and O–H groups in total. The summed E-state index contributed by atoms with van der Waals surface area (Å²) in [6.45, 7) is 1.46. The maximum Gasteiger partial charge on any atom is 0.303 e. The average Bonchev–Trinajstić information content (AvgIpc) is 1.93. The summed E-state index contributed by atoms with van der Waals surface area (Å²) >= 11 is 0. The van der Waals surface area contributed by atoms with Crippen molar-refractivity contribution in [3.63, 3.8) is 0 Å². The normalized spacial score (nSPS) is 26.9. The van der Waals surface area contributed by atoms with E-state index in [4.69, 9.17) is 4.74 Å². The Hall–Kier alpha value is -0.790. The lowest BCUT2D eigenvalue weighted by Crippen LogP contribution is -2.14. The van der Waals surface area contributed by atoms with Crippen molar-refractivity contribution in [1.82, 2.24) is 0 Å². The number of carbonyl (C=O) groups is 1. The molecular formula is C10H16O2. The zero-order chi connectivity index (χ0) is 8.81. The minimum absolute atomic E-state index is 0.0304. The molecule has 0 saturated carbocycles. The summed E-state index contributed by atoms with van der Waals surface area (Å²) in [5, 5.41) is 0. The molecule has 1 unspecified atom stereocenters. The van der Waals surface area contributed by atoms with E-state index in [1.165, 1.54) is 26.2 Å². The van der Waals surface area contributed by atoms with Crippen LogP contribution >= 0.6 is 0 Å². The van der Waals surface area contributed by atoms with E-state index < -0.39 is 0 Å². The van der Waals surface area contributed by atoms with Gasteiger partial charge in [-0.25, -0.2) is 0 Å². The maximum atomic E-state index is 10.7. The molecule has 0 radical (unpaired) electrons. The van der Waals surface area contributed by atoms with Gasteiger partial charge in [-0.1, -0.05) is 12.5 Å². The summed E-state index contributed by atoms with van der Waals surface area (Å²) in [7, 11) is 0. The first-order chi connectivity index (χ1) is 5.79. The van der Waals surface area contributed by atoms with Crippen LogP contribution in [0.4, 0.5) is 0 Å². The second-order valence-corrected chi connectivity index (χ2v) is 3.21. The number of hydrogen-bond acceptors (Lipinski definition) is 2. The quantitative estimate of drug-likeness (QED) is 0.444. The predicted molar refractivity (Wildman–Crippen MR) is 47.8 cm³/mol. The Labute approximate surface area is 73.6 Å². The van der Waals surface area contributed by atoms with Crippen LogP contribution in [0.5, 0.6) is 0 Å². The molecule has 0 aromatic rings. The molecule has 1 aliphatic rings. The Morgan fingerprint density at radius 1 is 1.42 bits per heavy atom. The molecule has 0 aromatic heterocycles. The highest BCUT2D eigenvalue weighted by atomic mass is 16.5. The molecule has 0 saturated heterocycles. The number of ether oxygens (including phenoxy) is 1. The molecule has 0 aromatic carbocycles. The highest BCUT2D eigenvalue weighted by molar-refractivity contribution is 5.66. The number of rotatable bonds is 1. The first-order valence-corrected chi connectivity index (χ1v) is 4.63. The molecule has 12 heavy (non-hydrogen) atoms. The molecule has 68 valence electrons. The molecule has 1 atom stereocenters. The molecule has 0 aliphatic heterocycles. The Bertz CT molecular complexity index is 173. The second kappa shape index (κ2) is 4.96. The van der Waals surface area contributed by atoms with Gasteiger partial charge in [-0.15, -0.1) is 0 Å². The fraction of sp³-hybridized carbons (Fsp3) is 0.700. The molecule has 0 spiro atoms. The van der Waals surface area contributed by atoms with Crippen molar-refractivity contribution < 1.29 is 9.53 Å². The van der Waals surface area contributed by atoms with Gasteiger partial charge in [0.15, 0.2) is 0 Å². The highest BCUT2D eigenvalue weighted by Crippen LogP contribution is 2.13. The average molecular weight is 168 g/mol. The van der Waals surface area contributed by atoms with Gasteiger partial charge in [0.05, 0.1) is 0 Å². The van der Waals surface area contributed by atoms with E-state index in [9.17, 15) is 4.79 Å². The number of carbonyl (C=O) groups excluding carboxylic acids is 1. The minimum atomic E-state index is -0.176. The molecule has 0 fully saturated rings. The lowest BCUT2D eigenvalue weighted by Gasteiger charge is -2.14. The van der Waals surface area contributed by atoms with E-state index in [1.807, 2.05) is 6.08 Å². The number of allylic oxidation sites excluding steroid dienone is 1. The third-order valence-electron chi connectivity index (χ3n) is 2.03. The van der Waals surface area contributed by atoms with Crippen LogP contribution in [-0.4, -0.2) is 12.1 Å². The fourth-order valence-electron chi connectivity index (χ4n) is 1.44. The van der Waals surface area contributed by atoms with E-state index in [1.54, 1.807) is 0 Å². The van der Waals surface area contributed by atoms with Crippen LogP contribution in [0, 0.1) is 0 Å². The Kier molecular flexibility index (Phi) is 3.85. The van der Waals surface area contributed by atoms with Crippen molar-refractivity contribution in [2.45, 2.75) is 45.1 Å². The Morgan fingerprint density at radius 2 is 2.25 bits per heavy atom. The van der Waals surface area contributed by atoms with Gasteiger partial charge in [0.2, 0.25) is 0 Å². The van der Waals surface area contributed by atoms with Gasteiger partial charge in [0.25, 0.3) is 0 Å². The lowest BCUT2D eigenvalue weighted by atomic mass is 10.0. The van der Waals surface area contributed by atoms with E-state index in [0.717, 1.165) is 12.8 Å². The monoisotopic (exact) mass is 168 g/mol. The van der Waals surface area contributed by atoms with Crippen molar-refractivity contribution in [3.05, 3.63) is 12.2 Å². The fourth-order valence-corrected chi connectivity index (χ4v) is 1.44. The summed E-state index contributed by atoms with van der Waals surface area (Å²) in [5.41, 5.74) is 0. The van der Waals surface area contributed by atoms with Gasteiger partial charge >= 0.3 is 5.97 Å². The van der Waals surface area contributed by atoms with Crippen LogP contribution in [-0.2, 0) is 9.53 Å². The number of esters is 1. The van der Waals surface area contributed by atoms with Crippen molar-refractivity contribution in [3.8, 4) is 0 Å². The molecule has 0 amide bonds. The first kappa shape index (κ1) is 9.30. The van der Waals surface area contributed by atoms with Crippen LogP contribution in [0.15, 0.2) is 12.2 Å². The van der Waals surface area contributed by atoms with Gasteiger partial charge in [-0.3, -0.25) is 4.79 Å². The summed E-state index contributed by atoms with van der Waals surface area (Å²) < 4.78 is 5.10. The predicted octanol–water partition coefficient (Wildman–Crippen LogP) is 2.44. The van der Waals surface area contributed by atoms with Gasteiger partial charge in [-0.05, 0) is 31.8 Å². The van der Waals surface area contributed by atoms with Crippen LogP contribution in [0.1, 0.15) is 39.0 Å². The minimum Gasteiger partial charge on any atom is -0.458 e. The lowest BCUT2D eigenvalue weighted by molar-refractivity contribution is -0.144. The smallest absolute Gasteiger partial charge is 0.303 e. The van der Waals surface area contributed by atoms with Crippen molar-refractivity contribution >= 4 is 5.97 Å². The van der Waals surface area contributed by atoms with Gasteiger partial charge < -0.3 is 4.74 Å². The van der Waals surface area contributed by atoms with Crippen LogP contribution in [0.3, 0.4) is 0 Å². The topological polar surface area (TPSA) is 26.3 Å². The molecule has 1 aliphatic carbocycles. The SMILES string of the molecule is CC(=O)OC1/C=C/CCCCC1. The van der Waals surface area contributed by atoms with Gasteiger partial charge in [-0.2, -0.15) is 0 Å². The van der Waals surface area contributed by atoms with Crippen LogP contribution < -0.4 is 0 Å². The van der Waals surface area contributed by atoms with Crippen LogP contribution in [0.25, 0.3) is 0 Å². The van der Waals surface area contributed by atoms with E-state index in [2.05, 4.69) is 6.08 Å². The summed E-state index contributed by atoms with van der Waals surface area (Å²) in [6.07, 6.45) is 9.96. The van der Waals surface area contributed by atoms with E-state index in [-0.39, 0.29) is 12.1 Å². The van der Waals surface area contributed by atoms with Gasteiger partial charge in [0, 0.05) is 6.92 Å². The van der Waals surface area contributed by atoms with E-state index >= 15 is 0 Å². The van der Waals surface area contributed by atoms with Crippen LogP contribution in [0.2, 0.25) is 0 Å². The molecule has 2 heteroatoms. The molecule has 0 heterocycles. The Balaban J connectivity index is 2.38. The first-order valence-electron chi connectivity index (χ1n) is 4.63. The van der Waals surface area contributed by atoms with Crippen molar-refractivity contribution in [1.29, 1.82) is 0 Å². The standard InChI is InChI=1S/C10H16O2/c1-9(11)12-10-7-5-3-2-4-6-8-10/h5,7,10H,2-4,6,8H2,1H3/b7-5+. The molecule has 1 rings (SSSR count). The summed E-state index contributed by atoms with van der Waals surface area (Å²) in [5.74, 6) is -0.176. The van der Waals surface area contributed by atoms with E-state index in [0.29, 0.717) is 0 Å². The Morgan fingerprint density at radius 3 is 3.00 bits per heavy atom. The highest BCUT2D eigenvalue weighted by Gasteiger charge is 2.08. The molecular weight excluding hydrogens is 152 g/mol. The third kappa shape index (κ3) is 3.56. The summed E-state index contributed by atoms with van der Waals surface area (Å²) in [4.78, 5) is 10.7. The second-order valence-electron chi connectivity index (χ2n) is 3.21. The largest absolute Gasteiger partial charge is 0.458 e.